The molecular formula is C24H24N2O2. The summed E-state index contributed by atoms with van der Waals surface area (Å²) in [7, 11) is 0. The molecule has 1 atom stereocenters. The molecule has 4 nitrogen and oxygen atoms in total. The normalized spacial score (nSPS) is 17.9. The van der Waals surface area contributed by atoms with E-state index in [2.05, 4.69) is 76.6 Å². The molecule has 2 heterocycles. The van der Waals surface area contributed by atoms with Crippen LogP contribution in [-0.2, 0) is 11.3 Å². The molecule has 0 saturated carbocycles. The molecule has 4 heteroatoms. The highest BCUT2D eigenvalue weighted by atomic mass is 16.5. The van der Waals surface area contributed by atoms with E-state index < -0.39 is 0 Å². The molecule has 0 spiro atoms. The second-order valence-corrected chi connectivity index (χ2v) is 7.40. The standard InChI is InChI=1S/C24H24N2O2/c1-2-6-18(7-3-1)15-26-12-13-27-20(16-26)17-28-19-10-11-22-21-8-4-5-9-23(21)25-24(22)14-19/h1-11,14,20,25H,12-13,15-17H2/t20-/m0/s1. The third-order valence-electron chi connectivity index (χ3n) is 5.39. The second-order valence-electron chi connectivity index (χ2n) is 7.40. The zero-order valence-electron chi connectivity index (χ0n) is 15.8. The van der Waals surface area contributed by atoms with Crippen molar-refractivity contribution >= 4 is 21.8 Å². The Hall–Kier alpha value is -2.82. The number of para-hydroxylation sites is 1. The number of aromatic amines is 1. The van der Waals surface area contributed by atoms with E-state index in [4.69, 9.17) is 9.47 Å². The third-order valence-corrected chi connectivity index (χ3v) is 5.39. The Kier molecular flexibility index (Phi) is 4.73. The van der Waals surface area contributed by atoms with Crippen molar-refractivity contribution in [2.75, 3.05) is 26.3 Å². The Morgan fingerprint density at radius 1 is 0.929 bits per heavy atom. The van der Waals surface area contributed by atoms with Crippen molar-refractivity contribution in [2.24, 2.45) is 0 Å². The van der Waals surface area contributed by atoms with Crippen LogP contribution in [0, 0.1) is 0 Å². The van der Waals surface area contributed by atoms with Gasteiger partial charge in [-0.2, -0.15) is 0 Å². The van der Waals surface area contributed by atoms with E-state index in [0.29, 0.717) is 6.61 Å². The van der Waals surface area contributed by atoms with Crippen molar-refractivity contribution in [2.45, 2.75) is 12.6 Å². The summed E-state index contributed by atoms with van der Waals surface area (Å²) < 4.78 is 12.0. The van der Waals surface area contributed by atoms with Crippen LogP contribution in [0.4, 0.5) is 0 Å². The minimum absolute atomic E-state index is 0.0934. The van der Waals surface area contributed by atoms with Crippen LogP contribution >= 0.6 is 0 Å². The van der Waals surface area contributed by atoms with Crippen molar-refractivity contribution in [1.29, 1.82) is 0 Å². The van der Waals surface area contributed by atoms with E-state index in [1.807, 2.05) is 6.07 Å². The first-order chi connectivity index (χ1) is 13.8. The maximum Gasteiger partial charge on any atom is 0.121 e. The minimum atomic E-state index is 0.0934. The summed E-state index contributed by atoms with van der Waals surface area (Å²) >= 11 is 0. The van der Waals surface area contributed by atoms with Crippen molar-refractivity contribution in [3.05, 3.63) is 78.4 Å². The third kappa shape index (κ3) is 3.61. The highest BCUT2D eigenvalue weighted by molar-refractivity contribution is 6.07. The smallest absolute Gasteiger partial charge is 0.121 e. The molecule has 1 saturated heterocycles. The second kappa shape index (κ2) is 7.66. The molecule has 1 N–H and O–H groups in total. The SMILES string of the molecule is c1ccc(CN2CCO[C@H](COc3ccc4c(c3)[nH]c3ccccc34)C2)cc1. The number of fused-ring (bicyclic) bond motifs is 3. The van der Waals surface area contributed by atoms with Crippen LogP contribution in [0.3, 0.4) is 0 Å². The monoisotopic (exact) mass is 372 g/mol. The van der Waals surface area contributed by atoms with E-state index in [0.717, 1.165) is 43.0 Å². The number of hydrogen-bond acceptors (Lipinski definition) is 3. The maximum atomic E-state index is 6.08. The predicted octanol–water partition coefficient (Wildman–Crippen LogP) is 4.60. The molecule has 1 aromatic heterocycles. The molecule has 28 heavy (non-hydrogen) atoms. The molecule has 0 aliphatic carbocycles. The molecule has 4 aromatic rings. The molecular weight excluding hydrogens is 348 g/mol. The Balaban J connectivity index is 1.23. The van der Waals surface area contributed by atoms with Crippen molar-refractivity contribution < 1.29 is 9.47 Å². The van der Waals surface area contributed by atoms with E-state index >= 15 is 0 Å². The molecule has 1 fully saturated rings. The Morgan fingerprint density at radius 2 is 1.75 bits per heavy atom. The fraction of sp³-hybridized carbons (Fsp3) is 0.250. The topological polar surface area (TPSA) is 37.5 Å². The first-order valence-corrected chi connectivity index (χ1v) is 9.86. The summed E-state index contributed by atoms with van der Waals surface area (Å²) in [4.78, 5) is 5.91. The predicted molar refractivity (Wildman–Crippen MR) is 113 cm³/mol. The van der Waals surface area contributed by atoms with Gasteiger partial charge in [0, 0.05) is 42.0 Å². The van der Waals surface area contributed by atoms with Crippen LogP contribution in [-0.4, -0.2) is 42.3 Å². The lowest BCUT2D eigenvalue weighted by Gasteiger charge is -2.32. The Labute approximate surface area is 164 Å². The maximum absolute atomic E-state index is 6.08. The summed E-state index contributed by atoms with van der Waals surface area (Å²) in [5.74, 6) is 0.878. The number of aromatic nitrogens is 1. The van der Waals surface area contributed by atoms with Crippen LogP contribution in [0.2, 0.25) is 0 Å². The van der Waals surface area contributed by atoms with Gasteiger partial charge in [-0.3, -0.25) is 4.90 Å². The first kappa shape index (κ1) is 17.3. The number of nitrogens with one attached hydrogen (secondary N) is 1. The molecule has 142 valence electrons. The lowest BCUT2D eigenvalue weighted by atomic mass is 10.1. The highest BCUT2D eigenvalue weighted by Gasteiger charge is 2.21. The molecule has 0 bridgehead atoms. The van der Waals surface area contributed by atoms with Crippen LogP contribution in [0.1, 0.15) is 5.56 Å². The summed E-state index contributed by atoms with van der Waals surface area (Å²) in [5, 5.41) is 2.47. The van der Waals surface area contributed by atoms with Gasteiger partial charge in [0.25, 0.3) is 0 Å². The van der Waals surface area contributed by atoms with E-state index in [1.54, 1.807) is 0 Å². The molecule has 0 unspecified atom stereocenters. The number of hydrogen-bond donors (Lipinski definition) is 1. The first-order valence-electron chi connectivity index (χ1n) is 9.86. The highest BCUT2D eigenvalue weighted by Crippen LogP contribution is 2.28. The van der Waals surface area contributed by atoms with E-state index in [9.17, 15) is 0 Å². The van der Waals surface area contributed by atoms with E-state index in [1.165, 1.54) is 16.3 Å². The fourth-order valence-corrected chi connectivity index (χ4v) is 3.98. The molecule has 1 aliphatic rings. The van der Waals surface area contributed by atoms with Crippen LogP contribution in [0.5, 0.6) is 5.75 Å². The number of ether oxygens (including phenoxy) is 2. The lowest BCUT2D eigenvalue weighted by Crippen LogP contribution is -2.44. The summed E-state index contributed by atoms with van der Waals surface area (Å²) in [6, 6.07) is 25.2. The van der Waals surface area contributed by atoms with Gasteiger partial charge in [0.2, 0.25) is 0 Å². The van der Waals surface area contributed by atoms with E-state index in [-0.39, 0.29) is 6.10 Å². The average molecular weight is 372 g/mol. The zero-order valence-corrected chi connectivity index (χ0v) is 15.8. The number of H-pyrrole nitrogens is 1. The van der Waals surface area contributed by atoms with Gasteiger partial charge in [-0.1, -0.05) is 48.5 Å². The van der Waals surface area contributed by atoms with Crippen LogP contribution < -0.4 is 4.74 Å². The molecule has 3 aromatic carbocycles. The van der Waals surface area contributed by atoms with Gasteiger partial charge in [-0.05, 0) is 23.8 Å². The van der Waals surface area contributed by atoms with Crippen molar-refractivity contribution in [3.8, 4) is 5.75 Å². The van der Waals surface area contributed by atoms with Crippen molar-refractivity contribution in [1.82, 2.24) is 9.88 Å². The summed E-state index contributed by atoms with van der Waals surface area (Å²) in [6.45, 7) is 4.14. The average Bonchev–Trinajstić information content (AvgIpc) is 3.11. The Bertz CT molecular complexity index is 1070. The molecule has 5 rings (SSSR count). The van der Waals surface area contributed by atoms with Crippen LogP contribution in [0.25, 0.3) is 21.8 Å². The van der Waals surface area contributed by atoms with Gasteiger partial charge in [-0.25, -0.2) is 0 Å². The van der Waals surface area contributed by atoms with Gasteiger partial charge in [0.1, 0.15) is 18.5 Å². The number of benzene rings is 3. The largest absolute Gasteiger partial charge is 0.491 e. The van der Waals surface area contributed by atoms with Gasteiger partial charge >= 0.3 is 0 Å². The number of rotatable bonds is 5. The number of morpholine rings is 1. The van der Waals surface area contributed by atoms with Gasteiger partial charge in [0.05, 0.1) is 12.1 Å². The molecule has 0 amide bonds. The van der Waals surface area contributed by atoms with Gasteiger partial charge < -0.3 is 14.5 Å². The van der Waals surface area contributed by atoms with Gasteiger partial charge in [-0.15, -0.1) is 0 Å². The quantitative estimate of drug-likeness (QED) is 0.556. The number of nitrogens with zero attached hydrogens (tertiary/aromatic N) is 1. The van der Waals surface area contributed by atoms with Crippen molar-refractivity contribution in [3.63, 3.8) is 0 Å². The minimum Gasteiger partial charge on any atom is -0.491 e. The Morgan fingerprint density at radius 3 is 2.68 bits per heavy atom. The molecule has 1 aliphatic heterocycles. The van der Waals surface area contributed by atoms with Crippen LogP contribution in [0.15, 0.2) is 72.8 Å². The lowest BCUT2D eigenvalue weighted by molar-refractivity contribution is -0.0504. The van der Waals surface area contributed by atoms with Gasteiger partial charge in [0.15, 0.2) is 0 Å². The fourth-order valence-electron chi connectivity index (χ4n) is 3.98. The molecule has 0 radical (unpaired) electrons. The zero-order chi connectivity index (χ0) is 18.8. The summed E-state index contributed by atoms with van der Waals surface area (Å²) in [5.41, 5.74) is 3.60. The summed E-state index contributed by atoms with van der Waals surface area (Å²) in [6.07, 6.45) is 0.0934.